The number of aromatic nitrogens is 3. The summed E-state index contributed by atoms with van der Waals surface area (Å²) in [6, 6.07) is 8.23. The van der Waals surface area contributed by atoms with Crippen LogP contribution >= 0.6 is 0 Å². The molecular formula is C18H23N5O2. The highest BCUT2D eigenvalue weighted by Crippen LogP contribution is 2.26. The van der Waals surface area contributed by atoms with Gasteiger partial charge in [-0.2, -0.15) is 5.10 Å². The Morgan fingerprint density at radius 1 is 1.28 bits per heavy atom. The van der Waals surface area contributed by atoms with Crippen molar-refractivity contribution in [3.05, 3.63) is 42.5 Å². The van der Waals surface area contributed by atoms with Gasteiger partial charge in [-0.15, -0.1) is 0 Å². The van der Waals surface area contributed by atoms with Gasteiger partial charge in [-0.3, -0.25) is 14.4 Å². The van der Waals surface area contributed by atoms with E-state index in [1.165, 1.54) is 11.9 Å². The number of hydrogen-bond donors (Lipinski definition) is 0. The highest BCUT2D eigenvalue weighted by atomic mass is 16.5. The first kappa shape index (κ1) is 16.2. The van der Waals surface area contributed by atoms with Gasteiger partial charge in [0.15, 0.2) is 0 Å². The van der Waals surface area contributed by atoms with Crippen LogP contribution in [0.25, 0.3) is 0 Å². The first-order chi connectivity index (χ1) is 12.3. The van der Waals surface area contributed by atoms with Crippen LogP contribution in [0.4, 0.5) is 5.69 Å². The number of morpholine rings is 1. The number of aryl methyl sites for hydroxylation is 1. The van der Waals surface area contributed by atoms with Crippen LogP contribution < -0.4 is 4.90 Å². The molecule has 7 heteroatoms. The van der Waals surface area contributed by atoms with Crippen molar-refractivity contribution in [2.75, 3.05) is 37.7 Å². The Balaban J connectivity index is 1.38. The van der Waals surface area contributed by atoms with Gasteiger partial charge in [-0.1, -0.05) is 18.2 Å². The van der Waals surface area contributed by atoms with Crippen molar-refractivity contribution in [1.29, 1.82) is 0 Å². The van der Waals surface area contributed by atoms with Crippen molar-refractivity contribution in [2.24, 2.45) is 0 Å². The number of anilines is 1. The SMILES string of the molecule is O=C(CN1CCO[C@H](Cn2cncn2)C1)N1CCCc2ccccc21. The third-order valence-electron chi connectivity index (χ3n) is 4.85. The monoisotopic (exact) mass is 341 g/mol. The minimum atomic E-state index is 0.0388. The van der Waals surface area contributed by atoms with Crippen LogP contribution in [0.1, 0.15) is 12.0 Å². The molecule has 2 aromatic rings. The molecule has 1 atom stereocenters. The average molecular weight is 341 g/mol. The zero-order chi connectivity index (χ0) is 17.1. The molecule has 0 radical (unpaired) electrons. The van der Waals surface area contributed by atoms with Crippen LogP contribution in [0.2, 0.25) is 0 Å². The zero-order valence-corrected chi connectivity index (χ0v) is 14.3. The predicted octanol–water partition coefficient (Wildman–Crippen LogP) is 0.958. The van der Waals surface area contributed by atoms with Crippen molar-refractivity contribution < 1.29 is 9.53 Å². The number of amides is 1. The molecule has 4 rings (SSSR count). The molecule has 1 aromatic carbocycles. The van der Waals surface area contributed by atoms with Crippen molar-refractivity contribution in [3.8, 4) is 0 Å². The first-order valence-electron chi connectivity index (χ1n) is 8.84. The van der Waals surface area contributed by atoms with Crippen LogP contribution in [0.5, 0.6) is 0 Å². The summed E-state index contributed by atoms with van der Waals surface area (Å²) < 4.78 is 7.58. The molecule has 0 N–H and O–H groups in total. The third kappa shape index (κ3) is 3.72. The van der Waals surface area contributed by atoms with Gasteiger partial charge in [0.25, 0.3) is 0 Å². The van der Waals surface area contributed by atoms with E-state index in [0.29, 0.717) is 19.7 Å². The van der Waals surface area contributed by atoms with Crippen LogP contribution in [0.15, 0.2) is 36.9 Å². The van der Waals surface area contributed by atoms with E-state index in [4.69, 9.17) is 4.74 Å². The van der Waals surface area contributed by atoms with E-state index in [-0.39, 0.29) is 12.0 Å². The number of carbonyl (C=O) groups is 1. The largest absolute Gasteiger partial charge is 0.374 e. The fraction of sp³-hybridized carbons (Fsp3) is 0.500. The lowest BCUT2D eigenvalue weighted by atomic mass is 10.0. The molecule has 1 saturated heterocycles. The number of carbonyl (C=O) groups excluding carboxylic acids is 1. The molecule has 0 spiro atoms. The standard InChI is InChI=1S/C18H23N5O2/c24-18(23-7-3-5-15-4-1-2-6-17(15)23)12-21-8-9-25-16(10-21)11-22-14-19-13-20-22/h1-2,4,6,13-14,16H,3,5,7-12H2/t16-/m0/s1. The van der Waals surface area contributed by atoms with Gasteiger partial charge in [0.1, 0.15) is 12.7 Å². The summed E-state index contributed by atoms with van der Waals surface area (Å²) in [6.45, 7) is 4.07. The Morgan fingerprint density at radius 3 is 3.08 bits per heavy atom. The fourth-order valence-corrected chi connectivity index (χ4v) is 3.64. The number of benzene rings is 1. The normalized spacial score (nSPS) is 21.1. The number of para-hydroxylation sites is 1. The topological polar surface area (TPSA) is 63.5 Å². The molecule has 25 heavy (non-hydrogen) atoms. The predicted molar refractivity (Wildman–Crippen MR) is 93.3 cm³/mol. The molecule has 2 aliphatic rings. The highest BCUT2D eigenvalue weighted by Gasteiger charge is 2.27. The van der Waals surface area contributed by atoms with Crippen LogP contribution in [0, 0.1) is 0 Å². The molecule has 7 nitrogen and oxygen atoms in total. The molecule has 132 valence electrons. The van der Waals surface area contributed by atoms with Gasteiger partial charge < -0.3 is 9.64 Å². The second kappa shape index (κ2) is 7.33. The van der Waals surface area contributed by atoms with Gasteiger partial charge in [-0.25, -0.2) is 4.98 Å². The van der Waals surface area contributed by atoms with Crippen molar-refractivity contribution in [2.45, 2.75) is 25.5 Å². The first-order valence-corrected chi connectivity index (χ1v) is 8.84. The maximum atomic E-state index is 12.9. The molecule has 1 amide bonds. The summed E-state index contributed by atoms with van der Waals surface area (Å²) in [6.07, 6.45) is 5.34. The molecule has 0 unspecified atom stereocenters. The van der Waals surface area contributed by atoms with E-state index in [2.05, 4.69) is 27.1 Å². The number of rotatable bonds is 4. The fourth-order valence-electron chi connectivity index (χ4n) is 3.64. The van der Waals surface area contributed by atoms with Crippen LogP contribution in [0.3, 0.4) is 0 Å². The number of fused-ring (bicyclic) bond motifs is 1. The molecule has 3 heterocycles. The Bertz CT molecular complexity index is 718. The summed E-state index contributed by atoms with van der Waals surface area (Å²) in [7, 11) is 0. The van der Waals surface area contributed by atoms with E-state index in [9.17, 15) is 4.79 Å². The second-order valence-corrected chi connectivity index (χ2v) is 6.62. The molecule has 1 fully saturated rings. The molecule has 2 aliphatic heterocycles. The summed E-state index contributed by atoms with van der Waals surface area (Å²) in [5.74, 6) is 0.175. The number of nitrogens with zero attached hydrogens (tertiary/aromatic N) is 5. The maximum Gasteiger partial charge on any atom is 0.241 e. The van der Waals surface area contributed by atoms with Crippen LogP contribution in [-0.2, 0) is 22.5 Å². The maximum absolute atomic E-state index is 12.9. The van der Waals surface area contributed by atoms with Crippen molar-refractivity contribution in [3.63, 3.8) is 0 Å². The Labute approximate surface area is 147 Å². The van der Waals surface area contributed by atoms with E-state index in [1.54, 1.807) is 11.0 Å². The van der Waals surface area contributed by atoms with Crippen molar-refractivity contribution in [1.82, 2.24) is 19.7 Å². The number of hydrogen-bond acceptors (Lipinski definition) is 5. The molecular weight excluding hydrogens is 318 g/mol. The Morgan fingerprint density at radius 2 is 2.20 bits per heavy atom. The van der Waals surface area contributed by atoms with E-state index in [1.807, 2.05) is 17.0 Å². The van der Waals surface area contributed by atoms with Gasteiger partial charge >= 0.3 is 0 Å². The van der Waals surface area contributed by atoms with Crippen LogP contribution in [-0.4, -0.2) is 64.5 Å². The molecule has 0 bridgehead atoms. The van der Waals surface area contributed by atoms with E-state index >= 15 is 0 Å². The molecule has 0 aliphatic carbocycles. The summed E-state index contributed by atoms with van der Waals surface area (Å²) >= 11 is 0. The highest BCUT2D eigenvalue weighted by molar-refractivity contribution is 5.95. The Kier molecular flexibility index (Phi) is 4.76. The molecule has 1 aromatic heterocycles. The minimum absolute atomic E-state index is 0.0388. The van der Waals surface area contributed by atoms with E-state index in [0.717, 1.165) is 38.2 Å². The summed E-state index contributed by atoms with van der Waals surface area (Å²) in [4.78, 5) is 21.0. The van der Waals surface area contributed by atoms with Gasteiger partial charge in [0, 0.05) is 25.3 Å². The zero-order valence-electron chi connectivity index (χ0n) is 14.3. The lowest BCUT2D eigenvalue weighted by molar-refractivity contribution is -0.122. The lowest BCUT2D eigenvalue weighted by Crippen LogP contribution is -2.49. The summed E-state index contributed by atoms with van der Waals surface area (Å²) in [5, 5.41) is 4.13. The number of ether oxygens (including phenoxy) is 1. The molecule has 0 saturated carbocycles. The smallest absolute Gasteiger partial charge is 0.241 e. The summed E-state index contributed by atoms with van der Waals surface area (Å²) in [5.41, 5.74) is 2.35. The average Bonchev–Trinajstić information content (AvgIpc) is 3.14. The minimum Gasteiger partial charge on any atom is -0.374 e. The van der Waals surface area contributed by atoms with E-state index < -0.39 is 0 Å². The van der Waals surface area contributed by atoms with Gasteiger partial charge in [0.05, 0.1) is 25.8 Å². The Hall–Kier alpha value is -2.25. The third-order valence-corrected chi connectivity index (χ3v) is 4.85. The van der Waals surface area contributed by atoms with Gasteiger partial charge in [0.2, 0.25) is 5.91 Å². The second-order valence-electron chi connectivity index (χ2n) is 6.62. The quantitative estimate of drug-likeness (QED) is 0.829. The van der Waals surface area contributed by atoms with Gasteiger partial charge in [-0.05, 0) is 24.5 Å². The van der Waals surface area contributed by atoms with Crippen molar-refractivity contribution >= 4 is 11.6 Å². The lowest BCUT2D eigenvalue weighted by Gasteiger charge is -2.35.